The van der Waals surface area contributed by atoms with Crippen LogP contribution in [-0.2, 0) is 0 Å². The van der Waals surface area contributed by atoms with E-state index in [2.05, 4.69) is 4.98 Å². The molecular weight excluding hydrogens is 352 g/mol. The maximum atomic E-state index is 12.1. The molecule has 0 amide bonds. The number of H-pyrrole nitrogens is 1. The molecule has 0 saturated heterocycles. The fraction of sp³-hybridized carbons (Fsp3) is 0. The van der Waals surface area contributed by atoms with Crippen LogP contribution < -0.4 is 11.3 Å². The van der Waals surface area contributed by atoms with Crippen LogP contribution in [0.2, 0.25) is 0 Å². The highest BCUT2D eigenvalue weighted by Crippen LogP contribution is 2.32. The van der Waals surface area contributed by atoms with E-state index in [1.165, 1.54) is 18.2 Å². The molecule has 6 N–H and O–H groups in total. The van der Waals surface area contributed by atoms with Crippen molar-refractivity contribution in [2.75, 3.05) is 5.73 Å². The molecule has 0 aliphatic heterocycles. The van der Waals surface area contributed by atoms with Crippen molar-refractivity contribution in [2.24, 2.45) is 0 Å². The van der Waals surface area contributed by atoms with Crippen LogP contribution in [0.3, 0.4) is 0 Å². The molecule has 0 aliphatic carbocycles. The van der Waals surface area contributed by atoms with Crippen LogP contribution in [0, 0.1) is 0 Å². The highest BCUT2D eigenvalue weighted by molar-refractivity contribution is 6.07. The van der Waals surface area contributed by atoms with Gasteiger partial charge in [-0.1, -0.05) is 30.3 Å². The quantitative estimate of drug-likeness (QED) is 0.475. The second-order valence-electron chi connectivity index (χ2n) is 5.73. The highest BCUT2D eigenvalue weighted by Gasteiger charge is 2.26. The number of nitrogen functional groups attached to an aromatic ring is 1. The normalized spacial score (nSPS) is 10.5. The Hall–Kier alpha value is -4.07. The molecule has 1 heterocycles. The lowest BCUT2D eigenvalue weighted by Gasteiger charge is -2.13. The molecule has 0 radical (unpaired) electrons. The van der Waals surface area contributed by atoms with Gasteiger partial charge in [0.15, 0.2) is 0 Å². The minimum Gasteiger partial charge on any atom is -0.508 e. The second-order valence-corrected chi connectivity index (χ2v) is 5.73. The first-order chi connectivity index (χ1) is 12.8. The molecule has 3 rings (SSSR count). The monoisotopic (exact) mass is 366 g/mol. The molecule has 0 spiro atoms. The molecule has 0 aliphatic rings. The zero-order chi connectivity index (χ0) is 19.7. The molecular formula is C19H14N2O6. The van der Waals surface area contributed by atoms with E-state index >= 15 is 0 Å². The number of phenolic OH excluding ortho intramolecular Hbond substituents is 1. The molecule has 0 fully saturated rings. The Morgan fingerprint density at radius 3 is 2.04 bits per heavy atom. The first kappa shape index (κ1) is 17.7. The molecule has 8 heteroatoms. The summed E-state index contributed by atoms with van der Waals surface area (Å²) in [5, 5.41) is 28.3. The minimum absolute atomic E-state index is 0.0820. The summed E-state index contributed by atoms with van der Waals surface area (Å²) in [5.41, 5.74) is 4.75. The summed E-state index contributed by atoms with van der Waals surface area (Å²) in [6, 6.07) is 12.7. The van der Waals surface area contributed by atoms with Gasteiger partial charge < -0.3 is 26.0 Å². The topological polar surface area (TPSA) is 154 Å². The van der Waals surface area contributed by atoms with Crippen molar-refractivity contribution in [3.05, 3.63) is 70.0 Å². The van der Waals surface area contributed by atoms with Crippen molar-refractivity contribution in [2.45, 2.75) is 0 Å². The average molecular weight is 366 g/mol. The predicted molar refractivity (Wildman–Crippen MR) is 97.9 cm³/mol. The van der Waals surface area contributed by atoms with Gasteiger partial charge in [-0.15, -0.1) is 0 Å². The number of hydrogen-bond donors (Lipinski definition) is 5. The standard InChI is InChI=1S/C19H14N2O6/c20-16-14(18(24)25)13(15(19(26)27)17(23)21-16)11-3-1-2-10(8-11)9-4-6-12(22)7-5-9/h1-8,22H,(H,24,25)(H,26,27)(H3,20,21,23). The van der Waals surface area contributed by atoms with E-state index in [1.54, 1.807) is 30.3 Å². The molecule has 136 valence electrons. The molecule has 27 heavy (non-hydrogen) atoms. The van der Waals surface area contributed by atoms with Crippen molar-refractivity contribution in [3.8, 4) is 28.0 Å². The van der Waals surface area contributed by atoms with Gasteiger partial charge in [0.1, 0.15) is 22.7 Å². The van der Waals surface area contributed by atoms with E-state index in [1.807, 2.05) is 0 Å². The Labute approximate surface area is 152 Å². The van der Waals surface area contributed by atoms with E-state index in [9.17, 15) is 29.7 Å². The number of hydrogen-bond acceptors (Lipinski definition) is 5. The Balaban J connectivity index is 2.32. The molecule has 0 bridgehead atoms. The number of aromatic carboxylic acids is 2. The van der Waals surface area contributed by atoms with Gasteiger partial charge in [0, 0.05) is 5.56 Å². The summed E-state index contributed by atoms with van der Waals surface area (Å²) in [6.45, 7) is 0. The lowest BCUT2D eigenvalue weighted by molar-refractivity contribution is 0.0695. The fourth-order valence-electron chi connectivity index (χ4n) is 2.84. The largest absolute Gasteiger partial charge is 0.508 e. The fourth-order valence-corrected chi connectivity index (χ4v) is 2.84. The molecule has 2 aromatic carbocycles. The number of aromatic nitrogens is 1. The third kappa shape index (κ3) is 3.23. The van der Waals surface area contributed by atoms with Crippen LogP contribution in [0.4, 0.5) is 5.82 Å². The number of nitrogens with one attached hydrogen (secondary N) is 1. The molecule has 1 aromatic heterocycles. The maximum absolute atomic E-state index is 12.1. The van der Waals surface area contributed by atoms with Crippen molar-refractivity contribution in [3.63, 3.8) is 0 Å². The number of aromatic hydroxyl groups is 1. The number of anilines is 1. The van der Waals surface area contributed by atoms with Crippen molar-refractivity contribution in [1.82, 2.24) is 4.98 Å². The summed E-state index contributed by atoms with van der Waals surface area (Å²) in [4.78, 5) is 37.5. The van der Waals surface area contributed by atoms with E-state index in [0.717, 1.165) is 0 Å². The van der Waals surface area contributed by atoms with Gasteiger partial charge >= 0.3 is 11.9 Å². The van der Waals surface area contributed by atoms with Crippen LogP contribution >= 0.6 is 0 Å². The zero-order valence-electron chi connectivity index (χ0n) is 13.8. The van der Waals surface area contributed by atoms with Gasteiger partial charge in [0.25, 0.3) is 5.56 Å². The summed E-state index contributed by atoms with van der Waals surface area (Å²) in [5.74, 6) is -3.37. The number of carboxylic acid groups (broad SMARTS) is 2. The van der Waals surface area contributed by atoms with Crippen LogP contribution in [0.1, 0.15) is 20.7 Å². The summed E-state index contributed by atoms with van der Waals surface area (Å²) >= 11 is 0. The van der Waals surface area contributed by atoms with Crippen LogP contribution in [0.15, 0.2) is 53.3 Å². The van der Waals surface area contributed by atoms with Crippen LogP contribution in [0.25, 0.3) is 22.3 Å². The Kier molecular flexibility index (Phi) is 4.39. The smallest absolute Gasteiger partial charge is 0.342 e. The highest BCUT2D eigenvalue weighted by atomic mass is 16.4. The average Bonchev–Trinajstić information content (AvgIpc) is 2.61. The van der Waals surface area contributed by atoms with E-state index < -0.39 is 34.4 Å². The maximum Gasteiger partial charge on any atom is 0.342 e. The molecule has 3 aromatic rings. The third-order valence-corrected chi connectivity index (χ3v) is 4.02. The lowest BCUT2D eigenvalue weighted by Crippen LogP contribution is -2.24. The first-order valence-electron chi connectivity index (χ1n) is 7.71. The molecule has 0 atom stereocenters. The number of nitrogens with two attached hydrogens (primary N) is 1. The van der Waals surface area contributed by atoms with Gasteiger partial charge in [-0.25, -0.2) is 9.59 Å². The van der Waals surface area contributed by atoms with Gasteiger partial charge in [0.2, 0.25) is 0 Å². The Morgan fingerprint density at radius 1 is 0.852 bits per heavy atom. The predicted octanol–water partition coefficient (Wildman–Crippen LogP) is 2.39. The number of phenols is 1. The minimum atomic E-state index is -1.57. The summed E-state index contributed by atoms with van der Waals surface area (Å²) in [7, 11) is 0. The number of carboxylic acids is 2. The van der Waals surface area contributed by atoms with Crippen LogP contribution in [0.5, 0.6) is 5.75 Å². The molecule has 0 saturated carbocycles. The zero-order valence-corrected chi connectivity index (χ0v) is 13.8. The van der Waals surface area contributed by atoms with Crippen molar-refractivity contribution < 1.29 is 24.9 Å². The summed E-state index contributed by atoms with van der Waals surface area (Å²) in [6.07, 6.45) is 0. The molecule has 8 nitrogen and oxygen atoms in total. The van der Waals surface area contributed by atoms with Crippen molar-refractivity contribution >= 4 is 17.8 Å². The SMILES string of the molecule is Nc1[nH]c(=O)c(C(=O)O)c(-c2cccc(-c3ccc(O)cc3)c2)c1C(=O)O. The van der Waals surface area contributed by atoms with Gasteiger partial charge in [-0.3, -0.25) is 4.79 Å². The summed E-state index contributed by atoms with van der Waals surface area (Å²) < 4.78 is 0. The van der Waals surface area contributed by atoms with Gasteiger partial charge in [-0.05, 0) is 34.9 Å². The van der Waals surface area contributed by atoms with E-state index in [4.69, 9.17) is 5.73 Å². The van der Waals surface area contributed by atoms with E-state index in [-0.39, 0.29) is 16.9 Å². The molecule has 0 unspecified atom stereocenters. The number of aromatic amines is 1. The van der Waals surface area contributed by atoms with Crippen molar-refractivity contribution in [1.29, 1.82) is 0 Å². The number of rotatable bonds is 4. The Morgan fingerprint density at radius 2 is 1.44 bits per heavy atom. The number of pyridine rings is 1. The first-order valence-corrected chi connectivity index (χ1v) is 7.71. The van der Waals surface area contributed by atoms with Crippen LogP contribution in [-0.4, -0.2) is 32.2 Å². The lowest BCUT2D eigenvalue weighted by atomic mass is 9.93. The van der Waals surface area contributed by atoms with Gasteiger partial charge in [0.05, 0.1) is 0 Å². The van der Waals surface area contributed by atoms with E-state index in [0.29, 0.717) is 11.1 Å². The number of carbonyl (C=O) groups is 2. The number of benzene rings is 2. The second kappa shape index (κ2) is 6.68. The third-order valence-electron chi connectivity index (χ3n) is 4.02. The van der Waals surface area contributed by atoms with Gasteiger partial charge in [-0.2, -0.15) is 0 Å². The Bertz CT molecular complexity index is 1120.